The van der Waals surface area contributed by atoms with E-state index in [9.17, 15) is 4.79 Å². The quantitative estimate of drug-likeness (QED) is 0.757. The second-order valence-electron chi connectivity index (χ2n) is 3.95. The number of benzene rings is 1. The molecule has 1 aliphatic heterocycles. The maximum Gasteiger partial charge on any atom is 0.243 e. The van der Waals surface area contributed by atoms with Gasteiger partial charge < -0.3 is 10.6 Å². The zero-order chi connectivity index (χ0) is 11.4. The molecule has 0 aromatic heterocycles. The summed E-state index contributed by atoms with van der Waals surface area (Å²) in [5, 5.41) is 6.22. The molecule has 0 fully saturated rings. The SMILES string of the molecule is C=CC(=O)NCC1CCNc2ccccc21. The van der Waals surface area contributed by atoms with Gasteiger partial charge in [0.1, 0.15) is 0 Å². The molecule has 1 unspecified atom stereocenters. The number of anilines is 1. The second kappa shape index (κ2) is 4.84. The molecule has 0 saturated heterocycles. The highest BCUT2D eigenvalue weighted by atomic mass is 16.1. The van der Waals surface area contributed by atoms with E-state index in [0.29, 0.717) is 12.5 Å². The summed E-state index contributed by atoms with van der Waals surface area (Å²) in [5.74, 6) is 0.303. The molecule has 0 saturated carbocycles. The Balaban J connectivity index is 2.07. The number of amides is 1. The lowest BCUT2D eigenvalue weighted by atomic mass is 9.91. The van der Waals surface area contributed by atoms with E-state index in [4.69, 9.17) is 0 Å². The van der Waals surface area contributed by atoms with Crippen LogP contribution < -0.4 is 10.6 Å². The third-order valence-electron chi connectivity index (χ3n) is 2.92. The fourth-order valence-electron chi connectivity index (χ4n) is 2.06. The molecular weight excluding hydrogens is 200 g/mol. The number of hydrogen-bond acceptors (Lipinski definition) is 2. The number of hydrogen-bond donors (Lipinski definition) is 2. The van der Waals surface area contributed by atoms with Gasteiger partial charge >= 0.3 is 0 Å². The van der Waals surface area contributed by atoms with Crippen LogP contribution >= 0.6 is 0 Å². The van der Waals surface area contributed by atoms with Crippen molar-refractivity contribution in [1.29, 1.82) is 0 Å². The van der Waals surface area contributed by atoms with Crippen molar-refractivity contribution in [2.24, 2.45) is 0 Å². The van der Waals surface area contributed by atoms with Gasteiger partial charge in [-0.25, -0.2) is 0 Å². The van der Waals surface area contributed by atoms with Gasteiger partial charge in [0.2, 0.25) is 5.91 Å². The number of para-hydroxylation sites is 1. The molecular formula is C13H16N2O. The molecule has 84 valence electrons. The molecule has 0 bridgehead atoms. The maximum atomic E-state index is 11.1. The predicted molar refractivity (Wildman–Crippen MR) is 65.5 cm³/mol. The minimum absolute atomic E-state index is 0.101. The standard InChI is InChI=1S/C13H16N2O/c1-2-13(16)15-9-10-7-8-14-12-6-4-3-5-11(10)12/h2-6,10,14H,1,7-9H2,(H,15,16). The van der Waals surface area contributed by atoms with Crippen LogP contribution in [0.5, 0.6) is 0 Å². The van der Waals surface area contributed by atoms with Gasteiger partial charge in [0.25, 0.3) is 0 Å². The van der Waals surface area contributed by atoms with E-state index in [2.05, 4.69) is 29.3 Å². The third kappa shape index (κ3) is 2.24. The lowest BCUT2D eigenvalue weighted by Gasteiger charge is -2.26. The summed E-state index contributed by atoms with van der Waals surface area (Å²) < 4.78 is 0. The average molecular weight is 216 g/mol. The number of carbonyl (C=O) groups excluding carboxylic acids is 1. The van der Waals surface area contributed by atoms with Crippen LogP contribution in [-0.2, 0) is 4.79 Å². The minimum atomic E-state index is -0.101. The summed E-state index contributed by atoms with van der Waals surface area (Å²) in [6, 6.07) is 8.26. The molecule has 1 atom stereocenters. The van der Waals surface area contributed by atoms with E-state index in [1.54, 1.807) is 0 Å². The highest BCUT2D eigenvalue weighted by molar-refractivity contribution is 5.86. The number of fused-ring (bicyclic) bond motifs is 1. The minimum Gasteiger partial charge on any atom is -0.385 e. The normalized spacial score (nSPS) is 18.1. The Bertz CT molecular complexity index is 401. The summed E-state index contributed by atoms with van der Waals surface area (Å²) in [6.07, 6.45) is 2.36. The lowest BCUT2D eigenvalue weighted by molar-refractivity contribution is -0.116. The Morgan fingerprint density at radius 2 is 2.38 bits per heavy atom. The highest BCUT2D eigenvalue weighted by Crippen LogP contribution is 2.30. The van der Waals surface area contributed by atoms with Crippen molar-refractivity contribution in [3.05, 3.63) is 42.5 Å². The average Bonchev–Trinajstić information content (AvgIpc) is 2.35. The molecule has 1 aromatic rings. The van der Waals surface area contributed by atoms with Crippen molar-refractivity contribution in [2.45, 2.75) is 12.3 Å². The fraction of sp³-hybridized carbons (Fsp3) is 0.308. The van der Waals surface area contributed by atoms with Crippen molar-refractivity contribution in [3.8, 4) is 0 Å². The molecule has 1 heterocycles. The monoisotopic (exact) mass is 216 g/mol. The smallest absolute Gasteiger partial charge is 0.243 e. The molecule has 3 heteroatoms. The topological polar surface area (TPSA) is 41.1 Å². The molecule has 3 nitrogen and oxygen atoms in total. The molecule has 16 heavy (non-hydrogen) atoms. The van der Waals surface area contributed by atoms with Gasteiger partial charge in [-0.15, -0.1) is 0 Å². The van der Waals surface area contributed by atoms with Crippen LogP contribution in [0.25, 0.3) is 0 Å². The first-order valence-electron chi connectivity index (χ1n) is 5.54. The Labute approximate surface area is 95.6 Å². The van der Waals surface area contributed by atoms with Crippen LogP contribution in [-0.4, -0.2) is 19.0 Å². The van der Waals surface area contributed by atoms with Gasteiger partial charge in [0, 0.05) is 24.7 Å². The molecule has 1 aliphatic rings. The molecule has 2 rings (SSSR count). The maximum absolute atomic E-state index is 11.1. The zero-order valence-corrected chi connectivity index (χ0v) is 9.20. The highest BCUT2D eigenvalue weighted by Gasteiger charge is 2.19. The van der Waals surface area contributed by atoms with Crippen molar-refractivity contribution in [1.82, 2.24) is 5.32 Å². The Morgan fingerprint density at radius 1 is 1.56 bits per heavy atom. The van der Waals surface area contributed by atoms with Crippen molar-refractivity contribution >= 4 is 11.6 Å². The van der Waals surface area contributed by atoms with Gasteiger partial charge in [0.15, 0.2) is 0 Å². The first kappa shape index (κ1) is 10.7. The van der Waals surface area contributed by atoms with E-state index in [0.717, 1.165) is 13.0 Å². The van der Waals surface area contributed by atoms with E-state index < -0.39 is 0 Å². The Kier molecular flexibility index (Phi) is 3.25. The number of rotatable bonds is 3. The van der Waals surface area contributed by atoms with Crippen molar-refractivity contribution in [2.75, 3.05) is 18.4 Å². The van der Waals surface area contributed by atoms with Crippen LogP contribution in [0.15, 0.2) is 36.9 Å². The van der Waals surface area contributed by atoms with Gasteiger partial charge in [-0.05, 0) is 24.1 Å². The molecule has 0 spiro atoms. The number of nitrogens with one attached hydrogen (secondary N) is 2. The van der Waals surface area contributed by atoms with Gasteiger partial charge in [-0.2, -0.15) is 0 Å². The first-order chi connectivity index (χ1) is 7.81. The molecule has 1 amide bonds. The van der Waals surface area contributed by atoms with Gasteiger partial charge in [-0.3, -0.25) is 4.79 Å². The van der Waals surface area contributed by atoms with Crippen molar-refractivity contribution in [3.63, 3.8) is 0 Å². The van der Waals surface area contributed by atoms with Crippen LogP contribution in [0.4, 0.5) is 5.69 Å². The van der Waals surface area contributed by atoms with Crippen molar-refractivity contribution < 1.29 is 4.79 Å². The molecule has 0 radical (unpaired) electrons. The lowest BCUT2D eigenvalue weighted by Crippen LogP contribution is -2.30. The first-order valence-corrected chi connectivity index (χ1v) is 5.54. The van der Waals surface area contributed by atoms with E-state index >= 15 is 0 Å². The summed E-state index contributed by atoms with van der Waals surface area (Å²) in [7, 11) is 0. The molecule has 1 aromatic carbocycles. The van der Waals surface area contributed by atoms with E-state index in [-0.39, 0.29) is 5.91 Å². The van der Waals surface area contributed by atoms with Crippen LogP contribution in [0.3, 0.4) is 0 Å². The summed E-state index contributed by atoms with van der Waals surface area (Å²) in [6.45, 7) is 5.09. The second-order valence-corrected chi connectivity index (χ2v) is 3.95. The van der Waals surface area contributed by atoms with E-state index in [1.807, 2.05) is 12.1 Å². The van der Waals surface area contributed by atoms with Gasteiger partial charge in [-0.1, -0.05) is 24.8 Å². The molecule has 2 N–H and O–H groups in total. The van der Waals surface area contributed by atoms with Crippen LogP contribution in [0.2, 0.25) is 0 Å². The largest absolute Gasteiger partial charge is 0.385 e. The van der Waals surface area contributed by atoms with Crippen LogP contribution in [0, 0.1) is 0 Å². The van der Waals surface area contributed by atoms with Gasteiger partial charge in [0.05, 0.1) is 0 Å². The fourth-order valence-corrected chi connectivity index (χ4v) is 2.06. The summed E-state index contributed by atoms with van der Waals surface area (Å²) in [5.41, 5.74) is 2.48. The number of carbonyl (C=O) groups is 1. The Hall–Kier alpha value is -1.77. The predicted octanol–water partition coefficient (Wildman–Crippen LogP) is 1.89. The molecule has 0 aliphatic carbocycles. The summed E-state index contributed by atoms with van der Waals surface area (Å²) >= 11 is 0. The van der Waals surface area contributed by atoms with E-state index in [1.165, 1.54) is 17.3 Å². The van der Waals surface area contributed by atoms with Crippen LogP contribution in [0.1, 0.15) is 17.9 Å². The Morgan fingerprint density at radius 3 is 3.19 bits per heavy atom. The third-order valence-corrected chi connectivity index (χ3v) is 2.92. The summed E-state index contributed by atoms with van der Waals surface area (Å²) in [4.78, 5) is 11.1. The zero-order valence-electron chi connectivity index (χ0n) is 9.20.